The molecule has 0 saturated heterocycles. The summed E-state index contributed by atoms with van der Waals surface area (Å²) in [5, 5.41) is 21.4. The molecule has 1 aliphatic heterocycles. The maximum absolute atomic E-state index is 10.9. The number of hydrogen-bond donors (Lipinski definition) is 2. The number of hydrogen-bond acceptors (Lipinski definition) is 6. The first-order chi connectivity index (χ1) is 11.4. The van der Waals surface area contributed by atoms with Crippen LogP contribution < -0.4 is 9.47 Å². The van der Waals surface area contributed by atoms with Crippen LogP contribution in [0, 0.1) is 0 Å². The van der Waals surface area contributed by atoms with Gasteiger partial charge < -0.3 is 24.4 Å². The van der Waals surface area contributed by atoms with Crippen LogP contribution in [-0.2, 0) is 16.9 Å². The summed E-state index contributed by atoms with van der Waals surface area (Å²) in [5.41, 5.74) is -0.386. The first kappa shape index (κ1) is 16.4. The van der Waals surface area contributed by atoms with Gasteiger partial charge in [0.05, 0.1) is 13.7 Å². The van der Waals surface area contributed by atoms with Gasteiger partial charge in [0.15, 0.2) is 5.60 Å². The van der Waals surface area contributed by atoms with Gasteiger partial charge in [-0.1, -0.05) is 12.1 Å². The Morgan fingerprint density at radius 1 is 1.17 bits per heavy atom. The van der Waals surface area contributed by atoms with Crippen molar-refractivity contribution in [1.82, 2.24) is 0 Å². The molecule has 3 rings (SSSR count). The van der Waals surface area contributed by atoms with Crippen molar-refractivity contribution in [3.05, 3.63) is 59.2 Å². The third-order valence-corrected chi connectivity index (χ3v) is 4.12. The number of aliphatic hydroxyl groups is 2. The molecule has 24 heavy (non-hydrogen) atoms. The molecule has 1 aliphatic rings. The van der Waals surface area contributed by atoms with Gasteiger partial charge in [-0.15, -0.1) is 0 Å². The molecule has 2 aromatic rings. The molecule has 126 valence electrons. The Bertz CT molecular complexity index is 753. The summed E-state index contributed by atoms with van der Waals surface area (Å²) in [4.78, 5) is 10.9. The molecule has 2 N–H and O–H groups in total. The largest absolute Gasteiger partial charge is 0.497 e. The molecule has 0 radical (unpaired) electrons. The lowest BCUT2D eigenvalue weighted by molar-refractivity contribution is -0.385. The van der Waals surface area contributed by atoms with Gasteiger partial charge in [0.25, 0.3) is 0 Å². The lowest BCUT2D eigenvalue weighted by atomic mass is 9.94. The van der Waals surface area contributed by atoms with Crippen LogP contribution in [0.4, 0.5) is 0 Å². The molecular formula is C18H18O6. The summed E-state index contributed by atoms with van der Waals surface area (Å²) in [7, 11) is 1.57. The molecule has 6 heteroatoms. The number of benzene rings is 2. The molecule has 0 aliphatic carbocycles. The quantitative estimate of drug-likeness (QED) is 0.644. The summed E-state index contributed by atoms with van der Waals surface area (Å²) in [6.45, 7) is 1.40. The van der Waals surface area contributed by atoms with Crippen LogP contribution in [0.25, 0.3) is 0 Å². The minimum Gasteiger partial charge on any atom is -0.497 e. The zero-order valence-electron chi connectivity index (χ0n) is 13.4. The Balaban J connectivity index is 1.81. The van der Waals surface area contributed by atoms with Gasteiger partial charge in [0, 0.05) is 11.1 Å². The summed E-state index contributed by atoms with van der Waals surface area (Å²) in [6.07, 6.45) is 0.659. The number of fused-ring (bicyclic) bond motifs is 1. The molecule has 0 saturated carbocycles. The van der Waals surface area contributed by atoms with Crippen molar-refractivity contribution in [2.24, 2.45) is 0 Å². The predicted molar refractivity (Wildman–Crippen MR) is 84.8 cm³/mol. The maximum Gasteiger partial charge on any atom is 0.359 e. The van der Waals surface area contributed by atoms with Crippen LogP contribution in [0.3, 0.4) is 0 Å². The topological polar surface area (TPSA) is 85.2 Å². The SMILES string of the molecule is COc1ccc(CO[C@]2(O)Oc3ccc(C=O)cc3[C@@]2(C)O)cc1. The minimum absolute atomic E-state index is 0.0190. The third-order valence-electron chi connectivity index (χ3n) is 4.12. The highest BCUT2D eigenvalue weighted by Gasteiger charge is 2.58. The van der Waals surface area contributed by atoms with Crippen molar-refractivity contribution in [2.45, 2.75) is 25.1 Å². The van der Waals surface area contributed by atoms with E-state index in [0.717, 1.165) is 5.56 Å². The van der Waals surface area contributed by atoms with Crippen molar-refractivity contribution >= 4 is 6.29 Å². The number of carbonyl (C=O) groups is 1. The van der Waals surface area contributed by atoms with Crippen molar-refractivity contribution in [2.75, 3.05) is 7.11 Å². The summed E-state index contributed by atoms with van der Waals surface area (Å²) in [5.74, 6) is -1.28. The van der Waals surface area contributed by atoms with E-state index in [1.165, 1.54) is 25.1 Å². The fourth-order valence-electron chi connectivity index (χ4n) is 2.58. The summed E-state index contributed by atoms with van der Waals surface area (Å²) >= 11 is 0. The van der Waals surface area contributed by atoms with E-state index >= 15 is 0 Å². The summed E-state index contributed by atoms with van der Waals surface area (Å²) < 4.78 is 16.0. The van der Waals surface area contributed by atoms with E-state index in [1.54, 1.807) is 31.4 Å². The molecule has 0 bridgehead atoms. The number of carbonyl (C=O) groups excluding carboxylic acids is 1. The second kappa shape index (κ2) is 5.90. The van der Waals surface area contributed by atoms with Crippen LogP contribution in [-0.4, -0.2) is 29.6 Å². The predicted octanol–water partition coefficient (Wildman–Crippen LogP) is 1.97. The smallest absolute Gasteiger partial charge is 0.359 e. The van der Waals surface area contributed by atoms with E-state index in [9.17, 15) is 15.0 Å². The van der Waals surface area contributed by atoms with Crippen molar-refractivity contribution in [1.29, 1.82) is 0 Å². The lowest BCUT2D eigenvalue weighted by Gasteiger charge is -2.32. The zero-order valence-corrected chi connectivity index (χ0v) is 13.4. The normalized spacial score (nSPS) is 25.0. The standard InChI is InChI=1S/C18H18O6/c1-17(20)15-9-13(10-19)5-8-16(15)24-18(17,21)23-11-12-3-6-14(22-2)7-4-12/h3-10,20-21H,11H2,1-2H3/t17-,18+/m1/s1. The average molecular weight is 330 g/mol. The Labute approximate surface area is 139 Å². The average Bonchev–Trinajstić information content (AvgIpc) is 2.79. The second-order valence-electron chi connectivity index (χ2n) is 5.77. The van der Waals surface area contributed by atoms with Gasteiger partial charge in [-0.25, -0.2) is 0 Å². The van der Waals surface area contributed by atoms with Crippen molar-refractivity contribution in [3.63, 3.8) is 0 Å². The fourth-order valence-corrected chi connectivity index (χ4v) is 2.58. The van der Waals surface area contributed by atoms with E-state index in [0.29, 0.717) is 23.2 Å². The van der Waals surface area contributed by atoms with E-state index in [-0.39, 0.29) is 12.4 Å². The molecule has 6 nitrogen and oxygen atoms in total. The Kier molecular flexibility index (Phi) is 4.04. The van der Waals surface area contributed by atoms with Crippen LogP contribution in [0.15, 0.2) is 42.5 Å². The number of ether oxygens (including phenoxy) is 3. The van der Waals surface area contributed by atoms with E-state index < -0.39 is 11.6 Å². The van der Waals surface area contributed by atoms with Gasteiger partial charge in [-0.2, -0.15) is 0 Å². The lowest BCUT2D eigenvalue weighted by Crippen LogP contribution is -2.51. The Morgan fingerprint density at radius 2 is 1.88 bits per heavy atom. The van der Waals surface area contributed by atoms with Crippen molar-refractivity contribution < 1.29 is 29.2 Å². The highest BCUT2D eigenvalue weighted by atomic mass is 16.8. The number of rotatable bonds is 5. The van der Waals surface area contributed by atoms with Crippen LogP contribution in [0.2, 0.25) is 0 Å². The molecule has 2 aromatic carbocycles. The second-order valence-corrected chi connectivity index (χ2v) is 5.77. The van der Waals surface area contributed by atoms with Crippen LogP contribution in [0.1, 0.15) is 28.4 Å². The maximum atomic E-state index is 10.9. The molecule has 0 amide bonds. The molecule has 0 aromatic heterocycles. The van der Waals surface area contributed by atoms with Gasteiger partial charge in [0.2, 0.25) is 0 Å². The molecule has 0 fully saturated rings. The highest BCUT2D eigenvalue weighted by Crippen LogP contribution is 2.47. The van der Waals surface area contributed by atoms with Gasteiger partial charge in [-0.05, 0) is 42.8 Å². The van der Waals surface area contributed by atoms with Crippen LogP contribution >= 0.6 is 0 Å². The van der Waals surface area contributed by atoms with Gasteiger partial charge in [0.1, 0.15) is 17.8 Å². The van der Waals surface area contributed by atoms with Crippen LogP contribution in [0.5, 0.6) is 11.5 Å². The third kappa shape index (κ3) is 2.65. The molecule has 0 unspecified atom stereocenters. The fraction of sp³-hybridized carbons (Fsp3) is 0.278. The Hall–Kier alpha value is -2.41. The van der Waals surface area contributed by atoms with Crippen molar-refractivity contribution in [3.8, 4) is 11.5 Å². The Morgan fingerprint density at radius 3 is 2.50 bits per heavy atom. The first-order valence-corrected chi connectivity index (χ1v) is 7.40. The van der Waals surface area contributed by atoms with Gasteiger partial charge in [-0.3, -0.25) is 4.79 Å². The molecule has 0 spiro atoms. The first-order valence-electron chi connectivity index (χ1n) is 7.40. The zero-order chi connectivity index (χ0) is 17.4. The number of aldehydes is 1. The summed E-state index contributed by atoms with van der Waals surface area (Å²) in [6, 6.07) is 11.6. The minimum atomic E-state index is -2.25. The van der Waals surface area contributed by atoms with E-state index in [1.807, 2.05) is 0 Å². The number of methoxy groups -OCH3 is 1. The van der Waals surface area contributed by atoms with Gasteiger partial charge >= 0.3 is 5.97 Å². The molecular weight excluding hydrogens is 312 g/mol. The molecule has 2 atom stereocenters. The van der Waals surface area contributed by atoms with E-state index in [2.05, 4.69) is 0 Å². The highest BCUT2D eigenvalue weighted by molar-refractivity contribution is 5.76. The monoisotopic (exact) mass is 330 g/mol. The van der Waals surface area contributed by atoms with E-state index in [4.69, 9.17) is 14.2 Å². The molecule has 1 heterocycles.